The Morgan fingerprint density at radius 3 is 3.05 bits per heavy atom. The molecule has 0 bridgehead atoms. The minimum absolute atomic E-state index is 0.156. The molecule has 0 saturated heterocycles. The van der Waals surface area contributed by atoms with Crippen LogP contribution in [0.2, 0.25) is 5.02 Å². The van der Waals surface area contributed by atoms with Crippen LogP contribution in [0, 0.1) is 0 Å². The summed E-state index contributed by atoms with van der Waals surface area (Å²) in [6, 6.07) is 5.30. The summed E-state index contributed by atoms with van der Waals surface area (Å²) in [7, 11) is 0. The normalized spacial score (nSPS) is 10.4. The number of amides is 1. The third-order valence-electron chi connectivity index (χ3n) is 2.63. The molecule has 0 atom stereocenters. The zero-order valence-corrected chi connectivity index (χ0v) is 12.5. The Morgan fingerprint density at radius 2 is 2.32 bits per heavy atom. The van der Waals surface area contributed by atoms with Crippen molar-refractivity contribution in [3.05, 3.63) is 52.0 Å². The summed E-state index contributed by atoms with van der Waals surface area (Å²) in [6.07, 6.45) is 6.23. The molecule has 2 aromatic rings. The van der Waals surface area contributed by atoms with Crippen molar-refractivity contribution in [1.82, 2.24) is 14.9 Å². The first-order valence-corrected chi connectivity index (χ1v) is 7.03. The molecule has 19 heavy (non-hydrogen) atoms. The molecule has 0 unspecified atom stereocenters. The SMILES string of the molecule is O=C(NCCCn1ccnc1)c1cccc(Br)c1Cl. The number of carbonyl (C=O) groups excluding carboxylic acids is 1. The zero-order chi connectivity index (χ0) is 13.7. The highest BCUT2D eigenvalue weighted by molar-refractivity contribution is 9.10. The molecule has 0 saturated carbocycles. The fraction of sp³-hybridized carbons (Fsp3) is 0.231. The summed E-state index contributed by atoms with van der Waals surface area (Å²) in [5.41, 5.74) is 0.485. The van der Waals surface area contributed by atoms with E-state index in [9.17, 15) is 4.79 Å². The van der Waals surface area contributed by atoms with Crippen LogP contribution >= 0.6 is 27.5 Å². The highest BCUT2D eigenvalue weighted by Crippen LogP contribution is 2.25. The van der Waals surface area contributed by atoms with E-state index >= 15 is 0 Å². The lowest BCUT2D eigenvalue weighted by Crippen LogP contribution is -2.25. The maximum absolute atomic E-state index is 11.9. The molecule has 1 amide bonds. The van der Waals surface area contributed by atoms with Crippen molar-refractivity contribution < 1.29 is 4.79 Å². The first-order chi connectivity index (χ1) is 9.18. The number of aryl methyl sites for hydroxylation is 1. The van der Waals surface area contributed by atoms with Crippen LogP contribution in [0.3, 0.4) is 0 Å². The molecule has 0 aliphatic heterocycles. The average molecular weight is 343 g/mol. The number of rotatable bonds is 5. The van der Waals surface area contributed by atoms with Crippen molar-refractivity contribution in [2.45, 2.75) is 13.0 Å². The van der Waals surface area contributed by atoms with Crippen LogP contribution in [0.1, 0.15) is 16.8 Å². The quantitative estimate of drug-likeness (QED) is 0.849. The number of hydrogen-bond acceptors (Lipinski definition) is 2. The molecular formula is C13H13BrClN3O. The predicted octanol–water partition coefficient (Wildman–Crippen LogP) is 3.12. The Labute approximate surface area is 124 Å². The zero-order valence-electron chi connectivity index (χ0n) is 10.1. The van der Waals surface area contributed by atoms with Gasteiger partial charge in [-0.15, -0.1) is 0 Å². The van der Waals surface area contributed by atoms with Gasteiger partial charge < -0.3 is 9.88 Å². The molecular weight excluding hydrogens is 330 g/mol. The van der Waals surface area contributed by atoms with Gasteiger partial charge in [0.05, 0.1) is 16.9 Å². The Kier molecular flexibility index (Phi) is 4.99. The van der Waals surface area contributed by atoms with Gasteiger partial charge in [0.2, 0.25) is 0 Å². The van der Waals surface area contributed by atoms with Crippen molar-refractivity contribution >= 4 is 33.4 Å². The lowest BCUT2D eigenvalue weighted by atomic mass is 10.2. The molecule has 100 valence electrons. The number of hydrogen-bond donors (Lipinski definition) is 1. The Morgan fingerprint density at radius 1 is 1.47 bits per heavy atom. The minimum atomic E-state index is -0.156. The first kappa shape index (κ1) is 14.1. The fourth-order valence-corrected chi connectivity index (χ4v) is 2.23. The van der Waals surface area contributed by atoms with Gasteiger partial charge in [-0.1, -0.05) is 17.7 Å². The average Bonchev–Trinajstić information content (AvgIpc) is 2.91. The molecule has 0 aliphatic rings. The van der Waals surface area contributed by atoms with E-state index < -0.39 is 0 Å². The largest absolute Gasteiger partial charge is 0.352 e. The maximum atomic E-state index is 11.9. The number of nitrogens with zero attached hydrogens (tertiary/aromatic N) is 2. The van der Waals surface area contributed by atoms with Crippen molar-refractivity contribution in [3.8, 4) is 0 Å². The van der Waals surface area contributed by atoms with Crippen molar-refractivity contribution in [2.24, 2.45) is 0 Å². The molecule has 0 aliphatic carbocycles. The maximum Gasteiger partial charge on any atom is 0.252 e. The molecule has 1 aromatic heterocycles. The minimum Gasteiger partial charge on any atom is -0.352 e. The van der Waals surface area contributed by atoms with E-state index in [1.165, 1.54) is 0 Å². The van der Waals surface area contributed by atoms with Gasteiger partial charge >= 0.3 is 0 Å². The Bertz CT molecular complexity index is 557. The highest BCUT2D eigenvalue weighted by atomic mass is 79.9. The summed E-state index contributed by atoms with van der Waals surface area (Å²) < 4.78 is 2.69. The standard InChI is InChI=1S/C13H13BrClN3O/c14-11-4-1-3-10(12(11)15)13(19)17-5-2-7-18-8-6-16-9-18/h1,3-4,6,8-9H,2,5,7H2,(H,17,19). The fourth-order valence-electron chi connectivity index (χ4n) is 1.66. The van der Waals surface area contributed by atoms with E-state index in [-0.39, 0.29) is 5.91 Å². The van der Waals surface area contributed by atoms with Gasteiger partial charge in [-0.05, 0) is 34.5 Å². The third kappa shape index (κ3) is 3.81. The summed E-state index contributed by atoms with van der Waals surface area (Å²) in [5, 5.41) is 3.29. The van der Waals surface area contributed by atoms with Crippen molar-refractivity contribution in [2.75, 3.05) is 6.54 Å². The van der Waals surface area contributed by atoms with Crippen LogP contribution in [0.15, 0.2) is 41.4 Å². The van der Waals surface area contributed by atoms with E-state index in [4.69, 9.17) is 11.6 Å². The second-order valence-electron chi connectivity index (χ2n) is 4.01. The van der Waals surface area contributed by atoms with Gasteiger partial charge in [0.25, 0.3) is 5.91 Å². The van der Waals surface area contributed by atoms with E-state index in [0.29, 0.717) is 17.1 Å². The summed E-state index contributed by atoms with van der Waals surface area (Å²) in [6.45, 7) is 1.42. The van der Waals surface area contributed by atoms with Gasteiger partial charge in [-0.3, -0.25) is 4.79 Å². The number of benzene rings is 1. The molecule has 1 heterocycles. The number of nitrogens with one attached hydrogen (secondary N) is 1. The van der Waals surface area contributed by atoms with Gasteiger partial charge in [0, 0.05) is 30.0 Å². The number of halogens is 2. The van der Waals surface area contributed by atoms with E-state index in [2.05, 4.69) is 26.2 Å². The van der Waals surface area contributed by atoms with E-state index in [1.54, 1.807) is 30.7 Å². The monoisotopic (exact) mass is 341 g/mol. The first-order valence-electron chi connectivity index (χ1n) is 5.86. The third-order valence-corrected chi connectivity index (χ3v) is 3.93. The smallest absolute Gasteiger partial charge is 0.252 e. The van der Waals surface area contributed by atoms with Crippen LogP contribution in [-0.2, 0) is 6.54 Å². The van der Waals surface area contributed by atoms with Crippen LogP contribution in [0.5, 0.6) is 0 Å². The molecule has 4 nitrogen and oxygen atoms in total. The second kappa shape index (κ2) is 6.73. The van der Waals surface area contributed by atoms with E-state index in [0.717, 1.165) is 17.4 Å². The van der Waals surface area contributed by atoms with Crippen molar-refractivity contribution in [1.29, 1.82) is 0 Å². The lowest BCUT2D eigenvalue weighted by molar-refractivity contribution is 0.0953. The highest BCUT2D eigenvalue weighted by Gasteiger charge is 2.11. The lowest BCUT2D eigenvalue weighted by Gasteiger charge is -2.08. The summed E-state index contributed by atoms with van der Waals surface area (Å²) >= 11 is 9.36. The molecule has 2 rings (SSSR count). The molecule has 1 aromatic carbocycles. The van der Waals surface area contributed by atoms with Crippen LogP contribution in [0.25, 0.3) is 0 Å². The van der Waals surface area contributed by atoms with Crippen LogP contribution < -0.4 is 5.32 Å². The molecule has 1 N–H and O–H groups in total. The molecule has 6 heteroatoms. The number of carbonyl (C=O) groups is 1. The van der Waals surface area contributed by atoms with Gasteiger partial charge in [-0.2, -0.15) is 0 Å². The number of aromatic nitrogens is 2. The molecule has 0 spiro atoms. The van der Waals surface area contributed by atoms with Gasteiger partial charge in [-0.25, -0.2) is 4.98 Å². The summed E-state index contributed by atoms with van der Waals surface area (Å²) in [5.74, 6) is -0.156. The Balaban J connectivity index is 1.83. The van der Waals surface area contributed by atoms with Gasteiger partial charge in [0.15, 0.2) is 0 Å². The topological polar surface area (TPSA) is 46.9 Å². The Hall–Kier alpha value is -1.33. The molecule has 0 radical (unpaired) electrons. The predicted molar refractivity (Wildman–Crippen MR) is 78.3 cm³/mol. The van der Waals surface area contributed by atoms with Crippen LogP contribution in [-0.4, -0.2) is 22.0 Å². The number of imidazole rings is 1. The second-order valence-corrected chi connectivity index (χ2v) is 5.24. The summed E-state index contributed by atoms with van der Waals surface area (Å²) in [4.78, 5) is 15.9. The van der Waals surface area contributed by atoms with Crippen LogP contribution in [0.4, 0.5) is 0 Å². The molecule has 0 fully saturated rings. The van der Waals surface area contributed by atoms with Gasteiger partial charge in [0.1, 0.15) is 0 Å². The van der Waals surface area contributed by atoms with Crippen molar-refractivity contribution in [3.63, 3.8) is 0 Å². The van der Waals surface area contributed by atoms with E-state index in [1.807, 2.05) is 10.8 Å².